The molecule has 188 valence electrons. The molecule has 0 spiro atoms. The van der Waals surface area contributed by atoms with Crippen LogP contribution in [0.4, 0.5) is 0 Å². The largest absolute Gasteiger partial charge is 0.344 e. The number of unbranched alkanes of at least 4 members (excludes halogenated alkanes) is 15. The number of hydrogen-bond donors (Lipinski definition) is 1. The molecule has 5 heteroatoms. The highest BCUT2D eigenvalue weighted by atomic mass is 32.2. The molecule has 0 unspecified atom stereocenters. The Labute approximate surface area is 203 Å². The van der Waals surface area contributed by atoms with Gasteiger partial charge in [-0.3, -0.25) is 4.18 Å². The second-order valence-corrected chi connectivity index (χ2v) is 10.6. The summed E-state index contributed by atoms with van der Waals surface area (Å²) < 4.78 is 30.5. The van der Waals surface area contributed by atoms with Gasteiger partial charge in [-0.05, 0) is 17.9 Å². The summed E-state index contributed by atoms with van der Waals surface area (Å²) in [4.78, 5) is 0.270. The molecular weight excluding hydrogens is 430 g/mol. The maximum absolute atomic E-state index is 12.6. The van der Waals surface area contributed by atoms with Gasteiger partial charge in [-0.1, -0.05) is 140 Å². The fourth-order valence-electron chi connectivity index (χ4n) is 4.30. The third-order valence-electron chi connectivity index (χ3n) is 6.26. The number of hydrogen-bond acceptors (Lipinski definition) is 4. The minimum Gasteiger partial charge on any atom is -0.344 e. The molecule has 0 aromatic heterocycles. The van der Waals surface area contributed by atoms with Crippen molar-refractivity contribution in [2.24, 2.45) is 0 Å². The van der Waals surface area contributed by atoms with Crippen LogP contribution in [0.15, 0.2) is 47.4 Å². The fraction of sp³-hybridized carbons (Fsp3) is 0.643. The molecule has 4 nitrogen and oxygen atoms in total. The second-order valence-electron chi connectivity index (χ2n) is 9.06. The zero-order chi connectivity index (χ0) is 22.9. The van der Waals surface area contributed by atoms with Gasteiger partial charge in [0.25, 0.3) is 10.1 Å². The topological polar surface area (TPSA) is 78.4 Å². The Morgan fingerprint density at radius 2 is 1.06 bits per heavy atom. The summed E-state index contributed by atoms with van der Waals surface area (Å²) in [5.41, 5.74) is 0. The van der Waals surface area contributed by atoms with Crippen molar-refractivity contribution in [1.82, 2.24) is 6.15 Å². The van der Waals surface area contributed by atoms with Crippen molar-refractivity contribution in [1.29, 1.82) is 0 Å². The van der Waals surface area contributed by atoms with Crippen LogP contribution in [-0.2, 0) is 14.3 Å². The van der Waals surface area contributed by atoms with E-state index in [1.54, 1.807) is 12.1 Å². The molecular formula is C28H47NO3S. The van der Waals surface area contributed by atoms with Gasteiger partial charge in [0.2, 0.25) is 0 Å². The lowest BCUT2D eigenvalue weighted by atomic mass is 10.0. The van der Waals surface area contributed by atoms with E-state index in [0.29, 0.717) is 0 Å². The van der Waals surface area contributed by atoms with Gasteiger partial charge in [-0.25, -0.2) is 0 Å². The van der Waals surface area contributed by atoms with Gasteiger partial charge in [0.15, 0.2) is 0 Å². The first-order chi connectivity index (χ1) is 15.6. The van der Waals surface area contributed by atoms with E-state index >= 15 is 0 Å². The van der Waals surface area contributed by atoms with Gasteiger partial charge >= 0.3 is 0 Å². The van der Waals surface area contributed by atoms with Crippen molar-refractivity contribution in [2.45, 2.75) is 115 Å². The minimum atomic E-state index is -3.71. The molecule has 0 aliphatic heterocycles. The Kier molecular flexibility index (Phi) is 16.1. The quantitative estimate of drug-likeness (QED) is 0.162. The van der Waals surface area contributed by atoms with Crippen molar-refractivity contribution in [2.75, 3.05) is 6.61 Å². The molecule has 3 N–H and O–H groups in total. The van der Waals surface area contributed by atoms with Crippen LogP contribution in [0.3, 0.4) is 0 Å². The van der Waals surface area contributed by atoms with Gasteiger partial charge in [0.1, 0.15) is 4.90 Å². The zero-order valence-corrected chi connectivity index (χ0v) is 21.7. The molecule has 0 heterocycles. The van der Waals surface area contributed by atoms with Crippen molar-refractivity contribution < 1.29 is 12.6 Å². The van der Waals surface area contributed by atoms with E-state index in [1.807, 2.05) is 30.3 Å². The van der Waals surface area contributed by atoms with E-state index in [1.165, 1.54) is 83.5 Å². The van der Waals surface area contributed by atoms with Gasteiger partial charge in [0.05, 0.1) is 6.61 Å². The lowest BCUT2D eigenvalue weighted by Crippen LogP contribution is -2.08. The van der Waals surface area contributed by atoms with Crippen LogP contribution in [0.5, 0.6) is 0 Å². The summed E-state index contributed by atoms with van der Waals surface area (Å²) >= 11 is 0. The van der Waals surface area contributed by atoms with Crippen LogP contribution in [0.1, 0.15) is 110 Å². The van der Waals surface area contributed by atoms with Gasteiger partial charge < -0.3 is 6.15 Å². The van der Waals surface area contributed by atoms with E-state index in [-0.39, 0.29) is 17.7 Å². The standard InChI is InChI=1S/C28H44O3S.H3N/c1-2-3-4-5-6-7-8-9-10-11-12-13-14-15-16-19-25-31-32(29,30)28-24-20-22-26-21-17-18-23-27(26)28;/h17-18,20-24H,2-16,19,25H2,1H3;1H3. The molecule has 0 aliphatic carbocycles. The first kappa shape index (κ1) is 29.6. The van der Waals surface area contributed by atoms with E-state index in [2.05, 4.69) is 6.92 Å². The normalized spacial score (nSPS) is 11.5. The SMILES string of the molecule is CCCCCCCCCCCCCCCCCCOS(=O)(=O)c1cccc2ccccc12.N. The molecule has 0 radical (unpaired) electrons. The molecule has 0 saturated heterocycles. The smallest absolute Gasteiger partial charge is 0.297 e. The monoisotopic (exact) mass is 477 g/mol. The molecule has 2 aromatic rings. The van der Waals surface area contributed by atoms with Crippen molar-refractivity contribution in [3.63, 3.8) is 0 Å². The number of fused-ring (bicyclic) bond motifs is 1. The summed E-state index contributed by atoms with van der Waals surface area (Å²) in [7, 11) is -3.71. The number of benzene rings is 2. The maximum atomic E-state index is 12.6. The van der Waals surface area contributed by atoms with E-state index in [9.17, 15) is 8.42 Å². The van der Waals surface area contributed by atoms with Crippen LogP contribution in [-0.4, -0.2) is 15.0 Å². The van der Waals surface area contributed by atoms with E-state index in [0.717, 1.165) is 30.0 Å². The molecule has 0 aliphatic rings. The van der Waals surface area contributed by atoms with E-state index < -0.39 is 10.1 Å². The van der Waals surface area contributed by atoms with Crippen LogP contribution in [0, 0.1) is 0 Å². The van der Waals surface area contributed by atoms with Gasteiger partial charge in [-0.15, -0.1) is 0 Å². The lowest BCUT2D eigenvalue weighted by molar-refractivity contribution is 0.306. The number of rotatable bonds is 19. The summed E-state index contributed by atoms with van der Waals surface area (Å²) in [5.74, 6) is 0. The third-order valence-corrected chi connectivity index (χ3v) is 7.63. The molecule has 2 aromatic carbocycles. The Morgan fingerprint density at radius 1 is 0.606 bits per heavy atom. The Hall–Kier alpha value is -1.43. The van der Waals surface area contributed by atoms with Crippen LogP contribution < -0.4 is 6.15 Å². The molecule has 0 bridgehead atoms. The lowest BCUT2D eigenvalue weighted by Gasteiger charge is -2.08. The molecule has 0 atom stereocenters. The molecule has 0 fully saturated rings. The molecule has 33 heavy (non-hydrogen) atoms. The minimum absolute atomic E-state index is 0. The van der Waals surface area contributed by atoms with Crippen LogP contribution in [0.2, 0.25) is 0 Å². The van der Waals surface area contributed by atoms with Crippen molar-refractivity contribution in [3.8, 4) is 0 Å². The first-order valence-corrected chi connectivity index (χ1v) is 14.4. The highest BCUT2D eigenvalue weighted by Gasteiger charge is 2.17. The summed E-state index contributed by atoms with van der Waals surface area (Å²) in [6.45, 7) is 2.54. The Morgan fingerprint density at radius 3 is 1.61 bits per heavy atom. The summed E-state index contributed by atoms with van der Waals surface area (Å²) in [6.07, 6.45) is 20.8. The predicted octanol–water partition coefficient (Wildman–Crippen LogP) is 8.97. The van der Waals surface area contributed by atoms with Crippen molar-refractivity contribution >= 4 is 20.9 Å². The molecule has 2 rings (SSSR count). The zero-order valence-electron chi connectivity index (χ0n) is 20.9. The molecule has 0 amide bonds. The van der Waals surface area contributed by atoms with Crippen molar-refractivity contribution in [3.05, 3.63) is 42.5 Å². The second kappa shape index (κ2) is 18.0. The first-order valence-electron chi connectivity index (χ1n) is 13.0. The van der Waals surface area contributed by atoms with Gasteiger partial charge in [0, 0.05) is 5.39 Å². The Bertz CT molecular complexity index is 846. The maximum Gasteiger partial charge on any atom is 0.297 e. The van der Waals surface area contributed by atoms with E-state index in [4.69, 9.17) is 4.18 Å². The van der Waals surface area contributed by atoms with Gasteiger partial charge in [-0.2, -0.15) is 8.42 Å². The predicted molar refractivity (Wildman–Crippen MR) is 142 cm³/mol. The average molecular weight is 478 g/mol. The Balaban J connectivity index is 0.00000544. The highest BCUT2D eigenvalue weighted by molar-refractivity contribution is 7.87. The third kappa shape index (κ3) is 12.0. The van der Waals surface area contributed by atoms with Crippen LogP contribution in [0.25, 0.3) is 10.8 Å². The fourth-order valence-corrected chi connectivity index (χ4v) is 5.46. The van der Waals surface area contributed by atoms with Crippen LogP contribution >= 0.6 is 0 Å². The summed E-state index contributed by atoms with van der Waals surface area (Å²) in [5, 5.41) is 1.64. The molecule has 0 saturated carbocycles. The average Bonchev–Trinajstić information content (AvgIpc) is 2.80. The summed E-state index contributed by atoms with van der Waals surface area (Å²) in [6, 6.07) is 12.8. The highest BCUT2D eigenvalue weighted by Crippen LogP contribution is 2.24.